The fourth-order valence-corrected chi connectivity index (χ4v) is 2.54. The molecule has 1 amide bonds. The van der Waals surface area contributed by atoms with E-state index >= 15 is 0 Å². The first kappa shape index (κ1) is 15.2. The van der Waals surface area contributed by atoms with Gasteiger partial charge in [0.05, 0.1) is 4.92 Å². The van der Waals surface area contributed by atoms with Crippen molar-refractivity contribution in [3.05, 3.63) is 33.6 Å². The van der Waals surface area contributed by atoms with Crippen molar-refractivity contribution < 1.29 is 14.1 Å². The largest absolute Gasteiger partial charge is 0.392 e. The molecule has 0 radical (unpaired) electrons. The van der Waals surface area contributed by atoms with Crippen LogP contribution in [0.25, 0.3) is 0 Å². The maximum absolute atomic E-state index is 13.9. The van der Waals surface area contributed by atoms with Gasteiger partial charge in [-0.25, -0.2) is 4.39 Å². The molecule has 114 valence electrons. The molecule has 1 saturated heterocycles. The fraction of sp³-hybridized carbons (Fsp3) is 0.462. The Bertz CT molecular complexity index is 593. The molecule has 1 aromatic rings. The first-order valence-corrected chi connectivity index (χ1v) is 6.54. The Labute approximate surface area is 121 Å². The molecule has 0 saturated carbocycles. The van der Waals surface area contributed by atoms with Crippen molar-refractivity contribution in [2.24, 2.45) is 0 Å². The van der Waals surface area contributed by atoms with E-state index in [1.165, 1.54) is 4.90 Å². The number of carbonyl (C=O) groups excluding carboxylic acids is 1. The first-order valence-electron chi connectivity index (χ1n) is 6.54. The zero-order valence-electron chi connectivity index (χ0n) is 11.9. The topological polar surface area (TPSA) is 92.7 Å². The number of nitrogens with two attached hydrogens (primary N) is 1. The van der Waals surface area contributed by atoms with Gasteiger partial charge in [0.15, 0.2) is 0 Å². The zero-order valence-corrected chi connectivity index (χ0v) is 11.9. The van der Waals surface area contributed by atoms with E-state index in [4.69, 9.17) is 5.73 Å². The molecule has 1 fully saturated rings. The number of benzene rings is 1. The number of nitrogens with zero attached hydrogens (tertiary/aromatic N) is 3. The Kier molecular flexibility index (Phi) is 4.08. The average Bonchev–Trinajstić information content (AvgIpc) is 2.37. The number of hydrogen-bond acceptors (Lipinski definition) is 5. The van der Waals surface area contributed by atoms with Gasteiger partial charge in [0.2, 0.25) is 0 Å². The van der Waals surface area contributed by atoms with Crippen LogP contribution in [-0.4, -0.2) is 53.4 Å². The van der Waals surface area contributed by atoms with Crippen LogP contribution in [0.2, 0.25) is 0 Å². The third-order valence-electron chi connectivity index (χ3n) is 3.67. The lowest BCUT2D eigenvalue weighted by Gasteiger charge is -2.38. The number of rotatable bonds is 2. The van der Waals surface area contributed by atoms with Crippen LogP contribution in [-0.2, 0) is 0 Å². The Morgan fingerprint density at radius 2 is 2.14 bits per heavy atom. The molecule has 0 aliphatic carbocycles. The van der Waals surface area contributed by atoms with Crippen molar-refractivity contribution in [1.29, 1.82) is 0 Å². The molecule has 21 heavy (non-hydrogen) atoms. The second-order valence-electron chi connectivity index (χ2n) is 5.22. The van der Waals surface area contributed by atoms with E-state index < -0.39 is 33.6 Å². The van der Waals surface area contributed by atoms with Gasteiger partial charge in [0.25, 0.3) is 11.6 Å². The summed E-state index contributed by atoms with van der Waals surface area (Å²) in [7, 11) is 1.93. The summed E-state index contributed by atoms with van der Waals surface area (Å²) in [5.41, 5.74) is 4.33. The predicted octanol–water partition coefficient (Wildman–Crippen LogP) is 1.09. The fourth-order valence-electron chi connectivity index (χ4n) is 2.54. The highest BCUT2D eigenvalue weighted by molar-refractivity contribution is 6.01. The lowest BCUT2D eigenvalue weighted by molar-refractivity contribution is -0.384. The molecule has 1 atom stereocenters. The molecule has 1 unspecified atom stereocenters. The SMILES string of the molecule is CC1CN(C)CCN1C(=O)c1c(F)ccc([N+](=O)[O-])c1N. The lowest BCUT2D eigenvalue weighted by Crippen LogP contribution is -2.53. The van der Waals surface area contributed by atoms with Gasteiger partial charge in [0, 0.05) is 31.7 Å². The minimum Gasteiger partial charge on any atom is -0.392 e. The number of nitrogen functional groups attached to an aromatic ring is 1. The molecule has 2 N–H and O–H groups in total. The van der Waals surface area contributed by atoms with Gasteiger partial charge in [-0.05, 0) is 20.0 Å². The monoisotopic (exact) mass is 296 g/mol. The van der Waals surface area contributed by atoms with Gasteiger partial charge in [-0.3, -0.25) is 14.9 Å². The lowest BCUT2D eigenvalue weighted by atomic mass is 10.1. The molecule has 1 heterocycles. The van der Waals surface area contributed by atoms with Crippen LogP contribution in [0.1, 0.15) is 17.3 Å². The standard InChI is InChI=1S/C13H17FN4O3/c1-8-7-16(2)5-6-17(8)13(19)11-9(14)3-4-10(12(11)15)18(20)21/h3-4,8H,5-7,15H2,1-2H3. The number of piperazine rings is 1. The van der Waals surface area contributed by atoms with Crippen molar-refractivity contribution >= 4 is 17.3 Å². The number of anilines is 1. The number of nitro groups is 1. The van der Waals surface area contributed by atoms with Crippen LogP contribution < -0.4 is 5.73 Å². The molecule has 7 nitrogen and oxygen atoms in total. The van der Waals surface area contributed by atoms with Crippen LogP contribution in [0, 0.1) is 15.9 Å². The molecule has 8 heteroatoms. The Morgan fingerprint density at radius 1 is 1.48 bits per heavy atom. The van der Waals surface area contributed by atoms with Gasteiger partial charge >= 0.3 is 0 Å². The maximum Gasteiger partial charge on any atom is 0.293 e. The summed E-state index contributed by atoms with van der Waals surface area (Å²) in [6.45, 7) is 3.59. The summed E-state index contributed by atoms with van der Waals surface area (Å²) in [6.07, 6.45) is 0. The van der Waals surface area contributed by atoms with Gasteiger partial charge < -0.3 is 15.5 Å². The van der Waals surface area contributed by atoms with Crippen molar-refractivity contribution in [2.45, 2.75) is 13.0 Å². The summed E-state index contributed by atoms with van der Waals surface area (Å²) in [5, 5.41) is 10.9. The highest BCUT2D eigenvalue weighted by Gasteiger charge is 2.31. The van der Waals surface area contributed by atoms with E-state index in [-0.39, 0.29) is 6.04 Å². The van der Waals surface area contributed by atoms with Crippen molar-refractivity contribution in [2.75, 3.05) is 32.4 Å². The van der Waals surface area contributed by atoms with E-state index in [2.05, 4.69) is 4.90 Å². The normalized spacial score (nSPS) is 19.6. The van der Waals surface area contributed by atoms with Crippen molar-refractivity contribution in [3.8, 4) is 0 Å². The highest BCUT2D eigenvalue weighted by Crippen LogP contribution is 2.29. The molecule has 1 aliphatic rings. The minimum atomic E-state index is -0.839. The Hall–Kier alpha value is -2.22. The number of halogens is 1. The second-order valence-corrected chi connectivity index (χ2v) is 5.22. The van der Waals surface area contributed by atoms with Gasteiger partial charge in [0.1, 0.15) is 17.1 Å². The van der Waals surface area contributed by atoms with Gasteiger partial charge in [-0.15, -0.1) is 0 Å². The summed E-state index contributed by atoms with van der Waals surface area (Å²) in [6, 6.07) is 1.76. The highest BCUT2D eigenvalue weighted by atomic mass is 19.1. The first-order chi connectivity index (χ1) is 9.82. The average molecular weight is 296 g/mol. The van der Waals surface area contributed by atoms with Crippen LogP contribution >= 0.6 is 0 Å². The molecule has 0 spiro atoms. The summed E-state index contributed by atoms with van der Waals surface area (Å²) in [5.74, 6) is -1.44. The molecule has 0 aromatic heterocycles. The van der Waals surface area contributed by atoms with Crippen molar-refractivity contribution in [3.63, 3.8) is 0 Å². The van der Waals surface area contributed by atoms with Crippen LogP contribution in [0.3, 0.4) is 0 Å². The summed E-state index contributed by atoms with van der Waals surface area (Å²) < 4.78 is 13.9. The quantitative estimate of drug-likeness (QED) is 0.501. The number of nitro benzene ring substituents is 1. The third kappa shape index (κ3) is 2.80. The summed E-state index contributed by atoms with van der Waals surface area (Å²) >= 11 is 0. The third-order valence-corrected chi connectivity index (χ3v) is 3.67. The van der Waals surface area contributed by atoms with E-state index in [1.54, 1.807) is 0 Å². The smallest absolute Gasteiger partial charge is 0.293 e. The Balaban J connectivity index is 2.39. The molecule has 1 aliphatic heterocycles. The van der Waals surface area contributed by atoms with E-state index in [0.717, 1.165) is 12.1 Å². The molecule has 2 rings (SSSR count). The van der Waals surface area contributed by atoms with Gasteiger partial charge in [-0.2, -0.15) is 0 Å². The number of carbonyl (C=O) groups is 1. The number of hydrogen-bond donors (Lipinski definition) is 1. The molecular formula is C13H17FN4O3. The molecular weight excluding hydrogens is 279 g/mol. The molecule has 1 aromatic carbocycles. The second kappa shape index (κ2) is 5.65. The van der Waals surface area contributed by atoms with E-state index in [1.807, 2.05) is 14.0 Å². The number of amides is 1. The number of likely N-dealkylation sites (N-methyl/N-ethyl adjacent to an activating group) is 1. The Morgan fingerprint density at radius 3 is 2.71 bits per heavy atom. The van der Waals surface area contributed by atoms with Gasteiger partial charge in [-0.1, -0.05) is 0 Å². The predicted molar refractivity (Wildman–Crippen MR) is 75.5 cm³/mol. The molecule has 0 bridgehead atoms. The summed E-state index contributed by atoms with van der Waals surface area (Å²) in [4.78, 5) is 26.2. The van der Waals surface area contributed by atoms with Crippen LogP contribution in [0.15, 0.2) is 12.1 Å². The van der Waals surface area contributed by atoms with E-state index in [9.17, 15) is 19.3 Å². The van der Waals surface area contributed by atoms with Crippen LogP contribution in [0.4, 0.5) is 15.8 Å². The van der Waals surface area contributed by atoms with E-state index in [0.29, 0.717) is 19.6 Å². The zero-order chi connectivity index (χ0) is 15.7. The van der Waals surface area contributed by atoms with Crippen LogP contribution in [0.5, 0.6) is 0 Å². The maximum atomic E-state index is 13.9. The minimum absolute atomic E-state index is 0.116. The van der Waals surface area contributed by atoms with Crippen molar-refractivity contribution in [1.82, 2.24) is 9.80 Å².